The third-order valence-electron chi connectivity index (χ3n) is 4.03. The van der Waals surface area contributed by atoms with Gasteiger partial charge in [0.25, 0.3) is 0 Å². The summed E-state index contributed by atoms with van der Waals surface area (Å²) in [5, 5.41) is 12.4. The molecule has 0 bridgehead atoms. The van der Waals surface area contributed by atoms with Gasteiger partial charge in [0.1, 0.15) is 5.01 Å². The Morgan fingerprint density at radius 2 is 2.14 bits per heavy atom. The molecule has 1 N–H and O–H groups in total. The first-order valence-electron chi connectivity index (χ1n) is 7.57. The second-order valence-electron chi connectivity index (χ2n) is 5.49. The quantitative estimate of drug-likeness (QED) is 0.891. The molecule has 0 saturated heterocycles. The lowest BCUT2D eigenvalue weighted by Gasteiger charge is -2.27. The fourth-order valence-electron chi connectivity index (χ4n) is 2.98. The van der Waals surface area contributed by atoms with Crippen molar-refractivity contribution in [1.29, 1.82) is 0 Å². The Hall–Kier alpha value is -1.30. The van der Waals surface area contributed by atoms with Crippen molar-refractivity contribution in [2.45, 2.75) is 38.3 Å². The standard InChI is InChI=1S/C16H21N3OS/c20-10-9-19(14-5-1-2-6-14)11-13-12-21-16(18-13)15-7-3-4-8-17-15/h3-4,7-8,12,14,20H,1-2,5-6,9-11H2. The van der Waals surface area contributed by atoms with Gasteiger partial charge in [0.2, 0.25) is 0 Å². The van der Waals surface area contributed by atoms with Crippen LogP contribution in [-0.2, 0) is 6.54 Å². The molecule has 0 unspecified atom stereocenters. The highest BCUT2D eigenvalue weighted by Gasteiger charge is 2.23. The summed E-state index contributed by atoms with van der Waals surface area (Å²) >= 11 is 1.64. The van der Waals surface area contributed by atoms with Crippen LogP contribution in [0.2, 0.25) is 0 Å². The molecule has 5 heteroatoms. The highest BCUT2D eigenvalue weighted by Crippen LogP contribution is 2.26. The van der Waals surface area contributed by atoms with Crippen LogP contribution >= 0.6 is 11.3 Å². The predicted octanol–water partition coefficient (Wildman–Crippen LogP) is 2.94. The Kier molecular flexibility index (Phi) is 4.95. The van der Waals surface area contributed by atoms with Gasteiger partial charge in [0, 0.05) is 30.7 Å². The van der Waals surface area contributed by atoms with E-state index in [9.17, 15) is 5.11 Å². The average Bonchev–Trinajstić information content (AvgIpc) is 3.19. The molecule has 2 aromatic rings. The van der Waals surface area contributed by atoms with Crippen LogP contribution in [0.3, 0.4) is 0 Å². The molecule has 0 atom stereocenters. The lowest BCUT2D eigenvalue weighted by atomic mass is 10.2. The Bertz CT molecular complexity index is 552. The number of pyridine rings is 1. The second-order valence-corrected chi connectivity index (χ2v) is 6.35. The number of aromatic nitrogens is 2. The molecule has 0 aromatic carbocycles. The van der Waals surface area contributed by atoms with Crippen molar-refractivity contribution in [2.24, 2.45) is 0 Å². The fourth-order valence-corrected chi connectivity index (χ4v) is 3.77. The van der Waals surface area contributed by atoms with E-state index in [4.69, 9.17) is 4.98 Å². The maximum atomic E-state index is 9.29. The van der Waals surface area contributed by atoms with Crippen molar-refractivity contribution in [3.63, 3.8) is 0 Å². The van der Waals surface area contributed by atoms with Crippen LogP contribution in [0.25, 0.3) is 10.7 Å². The van der Waals surface area contributed by atoms with E-state index >= 15 is 0 Å². The van der Waals surface area contributed by atoms with Gasteiger partial charge in [-0.25, -0.2) is 4.98 Å². The molecule has 1 saturated carbocycles. The van der Waals surface area contributed by atoms with Crippen LogP contribution in [0.1, 0.15) is 31.4 Å². The molecule has 4 nitrogen and oxygen atoms in total. The zero-order chi connectivity index (χ0) is 14.5. The second kappa shape index (κ2) is 7.11. The van der Waals surface area contributed by atoms with Crippen molar-refractivity contribution in [3.05, 3.63) is 35.5 Å². The number of nitrogens with zero attached hydrogens (tertiary/aromatic N) is 3. The van der Waals surface area contributed by atoms with Crippen LogP contribution < -0.4 is 0 Å². The molecular weight excluding hydrogens is 282 g/mol. The summed E-state index contributed by atoms with van der Waals surface area (Å²) < 4.78 is 0. The number of thiazole rings is 1. The molecule has 2 heterocycles. The first-order valence-corrected chi connectivity index (χ1v) is 8.45. The van der Waals surface area contributed by atoms with Crippen LogP contribution in [0, 0.1) is 0 Å². The van der Waals surface area contributed by atoms with Gasteiger partial charge >= 0.3 is 0 Å². The minimum atomic E-state index is 0.216. The van der Waals surface area contributed by atoms with Gasteiger partial charge in [-0.1, -0.05) is 18.9 Å². The zero-order valence-corrected chi connectivity index (χ0v) is 12.9. The molecule has 2 aromatic heterocycles. The maximum Gasteiger partial charge on any atom is 0.142 e. The molecule has 1 aliphatic carbocycles. The van der Waals surface area contributed by atoms with Crippen LogP contribution in [0.5, 0.6) is 0 Å². The van der Waals surface area contributed by atoms with Crippen molar-refractivity contribution < 1.29 is 5.11 Å². The summed E-state index contributed by atoms with van der Waals surface area (Å²) in [7, 11) is 0. The van der Waals surface area contributed by atoms with Crippen LogP contribution in [-0.4, -0.2) is 39.2 Å². The summed E-state index contributed by atoms with van der Waals surface area (Å²) in [6.45, 7) is 1.78. The van der Waals surface area contributed by atoms with Gasteiger partial charge in [-0.3, -0.25) is 9.88 Å². The number of rotatable bonds is 6. The van der Waals surface area contributed by atoms with Gasteiger partial charge in [0.15, 0.2) is 0 Å². The topological polar surface area (TPSA) is 49.2 Å². The Morgan fingerprint density at radius 1 is 1.29 bits per heavy atom. The minimum Gasteiger partial charge on any atom is -0.395 e. The predicted molar refractivity (Wildman–Crippen MR) is 85.1 cm³/mol. The molecule has 112 valence electrons. The fraction of sp³-hybridized carbons (Fsp3) is 0.500. The Balaban J connectivity index is 1.70. The average molecular weight is 303 g/mol. The Labute approximate surface area is 129 Å². The Morgan fingerprint density at radius 3 is 2.86 bits per heavy atom. The summed E-state index contributed by atoms with van der Waals surface area (Å²) in [5.41, 5.74) is 2.02. The molecule has 0 radical (unpaired) electrons. The number of aliphatic hydroxyl groups excluding tert-OH is 1. The summed E-state index contributed by atoms with van der Waals surface area (Å²) in [5.74, 6) is 0. The summed E-state index contributed by atoms with van der Waals surface area (Å²) in [6.07, 6.45) is 6.91. The normalized spacial score (nSPS) is 15.9. The van der Waals surface area contributed by atoms with E-state index in [0.29, 0.717) is 6.04 Å². The van der Waals surface area contributed by atoms with Gasteiger partial charge in [0.05, 0.1) is 18.0 Å². The largest absolute Gasteiger partial charge is 0.395 e. The molecule has 1 fully saturated rings. The smallest absolute Gasteiger partial charge is 0.142 e. The van der Waals surface area contributed by atoms with E-state index in [0.717, 1.165) is 29.5 Å². The first kappa shape index (κ1) is 14.6. The highest BCUT2D eigenvalue weighted by atomic mass is 32.1. The summed E-state index contributed by atoms with van der Waals surface area (Å²) in [6, 6.07) is 6.50. The number of hydrogen-bond donors (Lipinski definition) is 1. The van der Waals surface area contributed by atoms with Gasteiger partial charge in [-0.05, 0) is 25.0 Å². The molecule has 0 aliphatic heterocycles. The molecule has 21 heavy (non-hydrogen) atoms. The molecule has 3 rings (SSSR count). The van der Waals surface area contributed by atoms with Crippen molar-refractivity contribution in [1.82, 2.24) is 14.9 Å². The highest BCUT2D eigenvalue weighted by molar-refractivity contribution is 7.13. The van der Waals surface area contributed by atoms with Gasteiger partial charge in [-0.15, -0.1) is 11.3 Å². The zero-order valence-electron chi connectivity index (χ0n) is 12.1. The SMILES string of the molecule is OCCN(Cc1csc(-c2ccccn2)n1)C1CCCC1. The first-order chi connectivity index (χ1) is 10.4. The van der Waals surface area contributed by atoms with E-state index < -0.39 is 0 Å². The monoisotopic (exact) mass is 303 g/mol. The lowest BCUT2D eigenvalue weighted by Crippen LogP contribution is -2.35. The number of hydrogen-bond acceptors (Lipinski definition) is 5. The van der Waals surface area contributed by atoms with E-state index in [-0.39, 0.29) is 6.61 Å². The van der Waals surface area contributed by atoms with E-state index in [2.05, 4.69) is 15.3 Å². The number of aliphatic hydroxyl groups is 1. The van der Waals surface area contributed by atoms with Crippen LogP contribution in [0.15, 0.2) is 29.8 Å². The summed E-state index contributed by atoms with van der Waals surface area (Å²) in [4.78, 5) is 11.4. The maximum absolute atomic E-state index is 9.29. The third kappa shape index (κ3) is 3.67. The molecule has 0 amide bonds. The molecular formula is C16H21N3OS. The van der Waals surface area contributed by atoms with E-state index in [1.54, 1.807) is 17.5 Å². The van der Waals surface area contributed by atoms with Gasteiger partial charge < -0.3 is 5.11 Å². The lowest BCUT2D eigenvalue weighted by molar-refractivity contribution is 0.143. The van der Waals surface area contributed by atoms with Gasteiger partial charge in [-0.2, -0.15) is 0 Å². The minimum absolute atomic E-state index is 0.216. The van der Waals surface area contributed by atoms with Crippen molar-refractivity contribution in [3.8, 4) is 10.7 Å². The third-order valence-corrected chi connectivity index (χ3v) is 4.94. The van der Waals surface area contributed by atoms with E-state index in [1.165, 1.54) is 25.7 Å². The van der Waals surface area contributed by atoms with E-state index in [1.807, 2.05) is 18.2 Å². The van der Waals surface area contributed by atoms with Crippen LogP contribution in [0.4, 0.5) is 0 Å². The van der Waals surface area contributed by atoms with Crippen molar-refractivity contribution in [2.75, 3.05) is 13.2 Å². The molecule has 1 aliphatic rings. The van der Waals surface area contributed by atoms with Crippen molar-refractivity contribution >= 4 is 11.3 Å². The molecule has 0 spiro atoms.